The van der Waals surface area contributed by atoms with Crippen molar-refractivity contribution < 1.29 is 18.0 Å². The fraction of sp³-hybridized carbons (Fsp3) is 0.360. The van der Waals surface area contributed by atoms with E-state index in [1.54, 1.807) is 12.1 Å². The molecule has 2 unspecified atom stereocenters. The number of carbonyl (C=O) groups excluding carboxylic acids is 2. The normalized spacial score (nSPS) is 18.9. The first-order valence-electron chi connectivity index (χ1n) is 11.2. The van der Waals surface area contributed by atoms with Crippen LogP contribution >= 0.6 is 0 Å². The van der Waals surface area contributed by atoms with Gasteiger partial charge < -0.3 is 10.6 Å². The third-order valence-electron chi connectivity index (χ3n) is 5.91. The van der Waals surface area contributed by atoms with Crippen LogP contribution in [0.1, 0.15) is 35.7 Å². The SMILES string of the molecule is C=CC(=O)NC1CCN(S(=O)(=O)c2ccc(C(=O)NCCCc3ccccc3)cc2)CC1C. The molecule has 1 aliphatic heterocycles. The number of amides is 2. The van der Waals surface area contributed by atoms with Gasteiger partial charge in [-0.25, -0.2) is 8.42 Å². The molecule has 0 aromatic heterocycles. The lowest BCUT2D eigenvalue weighted by Crippen LogP contribution is -2.51. The van der Waals surface area contributed by atoms with Crippen LogP contribution in [0.2, 0.25) is 0 Å². The molecule has 33 heavy (non-hydrogen) atoms. The number of sulfonamides is 1. The predicted molar refractivity (Wildman–Crippen MR) is 128 cm³/mol. The molecule has 2 aromatic rings. The van der Waals surface area contributed by atoms with E-state index in [9.17, 15) is 18.0 Å². The average Bonchev–Trinajstić information content (AvgIpc) is 2.83. The highest BCUT2D eigenvalue weighted by molar-refractivity contribution is 7.89. The third kappa shape index (κ3) is 6.52. The zero-order valence-corrected chi connectivity index (χ0v) is 19.7. The minimum absolute atomic E-state index is 0.0293. The van der Waals surface area contributed by atoms with Crippen LogP contribution in [0, 0.1) is 5.92 Å². The van der Waals surface area contributed by atoms with Gasteiger partial charge >= 0.3 is 0 Å². The Balaban J connectivity index is 1.53. The Labute approximate surface area is 195 Å². The number of hydrogen-bond donors (Lipinski definition) is 2. The van der Waals surface area contributed by atoms with Crippen LogP contribution in [0.15, 0.2) is 72.1 Å². The molecule has 2 N–H and O–H groups in total. The summed E-state index contributed by atoms with van der Waals surface area (Å²) in [5.41, 5.74) is 1.65. The number of nitrogens with zero attached hydrogens (tertiary/aromatic N) is 1. The van der Waals surface area contributed by atoms with Crippen LogP contribution in [0.25, 0.3) is 0 Å². The molecule has 0 saturated carbocycles. The third-order valence-corrected chi connectivity index (χ3v) is 7.79. The van der Waals surface area contributed by atoms with Crippen molar-refractivity contribution in [3.8, 4) is 0 Å². The molecule has 1 saturated heterocycles. The van der Waals surface area contributed by atoms with Gasteiger partial charge in [0, 0.05) is 31.2 Å². The Morgan fingerprint density at radius 3 is 2.45 bits per heavy atom. The molecule has 0 bridgehead atoms. The van der Waals surface area contributed by atoms with E-state index in [0.29, 0.717) is 31.6 Å². The monoisotopic (exact) mass is 469 g/mol. The molecule has 1 fully saturated rings. The molecule has 0 aliphatic carbocycles. The zero-order valence-electron chi connectivity index (χ0n) is 18.9. The Hall–Kier alpha value is -2.97. The largest absolute Gasteiger partial charge is 0.352 e. The van der Waals surface area contributed by atoms with Crippen molar-refractivity contribution in [1.29, 1.82) is 0 Å². The first-order valence-corrected chi connectivity index (χ1v) is 12.6. The smallest absolute Gasteiger partial charge is 0.251 e. The number of aryl methyl sites for hydroxylation is 1. The van der Waals surface area contributed by atoms with Crippen LogP contribution in [-0.4, -0.2) is 50.2 Å². The number of carbonyl (C=O) groups is 2. The molecule has 0 radical (unpaired) electrons. The van der Waals surface area contributed by atoms with Crippen LogP contribution in [0.5, 0.6) is 0 Å². The summed E-state index contributed by atoms with van der Waals surface area (Å²) >= 11 is 0. The zero-order chi connectivity index (χ0) is 23.8. The number of piperidine rings is 1. The van der Waals surface area contributed by atoms with E-state index < -0.39 is 10.0 Å². The lowest BCUT2D eigenvalue weighted by molar-refractivity contribution is -0.117. The van der Waals surface area contributed by atoms with Crippen molar-refractivity contribution in [2.75, 3.05) is 19.6 Å². The van der Waals surface area contributed by atoms with Gasteiger partial charge in [0.05, 0.1) is 4.90 Å². The number of hydrogen-bond acceptors (Lipinski definition) is 4. The molecule has 2 amide bonds. The van der Waals surface area contributed by atoms with Gasteiger partial charge in [-0.15, -0.1) is 0 Å². The molecule has 176 valence electrons. The van der Waals surface area contributed by atoms with Gasteiger partial charge in [0.1, 0.15) is 0 Å². The molecular weight excluding hydrogens is 438 g/mol. The first kappa shape index (κ1) is 24.7. The van der Waals surface area contributed by atoms with Crippen molar-refractivity contribution in [2.24, 2.45) is 5.92 Å². The highest BCUT2D eigenvalue weighted by Gasteiger charge is 2.34. The molecule has 1 heterocycles. The van der Waals surface area contributed by atoms with E-state index in [-0.39, 0.29) is 28.7 Å². The van der Waals surface area contributed by atoms with Crippen molar-refractivity contribution in [3.05, 3.63) is 78.4 Å². The summed E-state index contributed by atoms with van der Waals surface area (Å²) in [6, 6.07) is 16.0. The van der Waals surface area contributed by atoms with Crippen molar-refractivity contribution in [2.45, 2.75) is 37.1 Å². The molecule has 7 nitrogen and oxygen atoms in total. The van der Waals surface area contributed by atoms with E-state index in [0.717, 1.165) is 12.8 Å². The number of nitrogens with one attached hydrogen (secondary N) is 2. The van der Waals surface area contributed by atoms with Gasteiger partial charge in [0.15, 0.2) is 0 Å². The maximum absolute atomic E-state index is 13.1. The second kappa shape index (κ2) is 11.2. The van der Waals surface area contributed by atoms with Crippen LogP contribution < -0.4 is 10.6 Å². The summed E-state index contributed by atoms with van der Waals surface area (Å²) in [6.45, 7) is 6.54. The summed E-state index contributed by atoms with van der Waals surface area (Å²) in [5, 5.41) is 5.74. The van der Waals surface area contributed by atoms with Gasteiger partial charge in [-0.05, 0) is 61.1 Å². The molecule has 1 aliphatic rings. The van der Waals surface area contributed by atoms with Gasteiger partial charge in [0.2, 0.25) is 15.9 Å². The molecule has 0 spiro atoms. The predicted octanol–water partition coefficient (Wildman–Crippen LogP) is 2.75. The maximum Gasteiger partial charge on any atom is 0.251 e. The molecule has 2 aromatic carbocycles. The maximum atomic E-state index is 13.1. The fourth-order valence-corrected chi connectivity index (χ4v) is 5.51. The van der Waals surface area contributed by atoms with E-state index in [1.165, 1.54) is 28.1 Å². The quantitative estimate of drug-likeness (QED) is 0.436. The molecule has 3 rings (SSSR count). The van der Waals surface area contributed by atoms with Crippen LogP contribution in [0.4, 0.5) is 0 Å². The summed E-state index contributed by atoms with van der Waals surface area (Å²) in [5.74, 6) is -0.505. The standard InChI is InChI=1S/C25H31N3O4S/c1-3-24(29)27-23-15-17-28(18-19(23)2)33(31,32)22-13-11-21(12-14-22)25(30)26-16-7-10-20-8-5-4-6-9-20/h3-6,8-9,11-14,19,23H,1,7,10,15-18H2,2H3,(H,26,30)(H,27,29). The van der Waals surface area contributed by atoms with E-state index in [1.807, 2.05) is 25.1 Å². The van der Waals surface area contributed by atoms with Gasteiger partial charge in [-0.1, -0.05) is 43.8 Å². The van der Waals surface area contributed by atoms with Crippen LogP contribution in [-0.2, 0) is 21.2 Å². The topological polar surface area (TPSA) is 95.6 Å². The lowest BCUT2D eigenvalue weighted by atomic mass is 9.95. The van der Waals surface area contributed by atoms with Crippen molar-refractivity contribution >= 4 is 21.8 Å². The first-order chi connectivity index (χ1) is 15.8. The second-order valence-corrected chi connectivity index (χ2v) is 10.3. The number of benzene rings is 2. The molecular formula is C25H31N3O4S. The molecule has 2 atom stereocenters. The highest BCUT2D eigenvalue weighted by Crippen LogP contribution is 2.24. The van der Waals surface area contributed by atoms with E-state index in [4.69, 9.17) is 0 Å². The van der Waals surface area contributed by atoms with E-state index >= 15 is 0 Å². The molecule has 8 heteroatoms. The average molecular weight is 470 g/mol. The Bertz CT molecular complexity index is 1070. The summed E-state index contributed by atoms with van der Waals surface area (Å²) in [4.78, 5) is 24.1. The van der Waals surface area contributed by atoms with Crippen molar-refractivity contribution in [1.82, 2.24) is 14.9 Å². The van der Waals surface area contributed by atoms with Crippen molar-refractivity contribution in [3.63, 3.8) is 0 Å². The lowest BCUT2D eigenvalue weighted by Gasteiger charge is -2.36. The Morgan fingerprint density at radius 1 is 1.12 bits per heavy atom. The Kier molecular flexibility index (Phi) is 8.41. The Morgan fingerprint density at radius 2 is 1.82 bits per heavy atom. The number of rotatable bonds is 9. The summed E-state index contributed by atoms with van der Waals surface area (Å²) in [6.07, 6.45) is 3.45. The minimum atomic E-state index is -3.68. The van der Waals surface area contributed by atoms with Gasteiger partial charge in [-0.3, -0.25) is 9.59 Å². The summed E-state index contributed by atoms with van der Waals surface area (Å²) < 4.78 is 27.6. The van der Waals surface area contributed by atoms with Crippen LogP contribution in [0.3, 0.4) is 0 Å². The fourth-order valence-electron chi connectivity index (χ4n) is 3.95. The highest BCUT2D eigenvalue weighted by atomic mass is 32.2. The second-order valence-electron chi connectivity index (χ2n) is 8.32. The summed E-state index contributed by atoms with van der Waals surface area (Å²) in [7, 11) is -3.68. The van der Waals surface area contributed by atoms with Gasteiger partial charge in [-0.2, -0.15) is 4.31 Å². The minimum Gasteiger partial charge on any atom is -0.352 e. The van der Waals surface area contributed by atoms with E-state index in [2.05, 4.69) is 29.3 Å². The van der Waals surface area contributed by atoms with Gasteiger partial charge in [0.25, 0.3) is 5.91 Å².